The molecule has 0 aliphatic carbocycles. The summed E-state index contributed by atoms with van der Waals surface area (Å²) in [7, 11) is 6.26. The van der Waals surface area contributed by atoms with Crippen LogP contribution in [0.1, 0.15) is 50.4 Å². The van der Waals surface area contributed by atoms with E-state index in [0.717, 1.165) is 78.5 Å². The maximum absolute atomic E-state index is 14.0. The Hall–Kier alpha value is -3.71. The third-order valence-corrected chi connectivity index (χ3v) is 7.56. The Kier molecular flexibility index (Phi) is 10.5. The first-order chi connectivity index (χ1) is 19.8. The van der Waals surface area contributed by atoms with Crippen LogP contribution in [0.4, 0.5) is 22.7 Å². The molecule has 1 atom stereocenters. The first-order valence-electron chi connectivity index (χ1n) is 15.0. The molecule has 41 heavy (non-hydrogen) atoms. The molecule has 0 aromatic heterocycles. The Balaban J connectivity index is 1.68. The molecular formula is C34H47N5O2. The van der Waals surface area contributed by atoms with Gasteiger partial charge in [0, 0.05) is 50.9 Å². The van der Waals surface area contributed by atoms with E-state index in [2.05, 4.69) is 80.5 Å². The maximum atomic E-state index is 14.0. The predicted molar refractivity (Wildman–Crippen MR) is 174 cm³/mol. The Morgan fingerprint density at radius 1 is 1.05 bits per heavy atom. The number of rotatable bonds is 12. The van der Waals surface area contributed by atoms with E-state index in [1.807, 2.05) is 47.4 Å². The van der Waals surface area contributed by atoms with Crippen LogP contribution in [0.25, 0.3) is 11.1 Å². The standard InChI is InChI=1S/C34H47N5O2/c1-7-19-38(6)20-11-22-41-33-24-27(34(40)39-21-18-25(3)36-30-12-9-10-13-31(30)39)14-16-28(33)26-15-17-29(35-8-2)32(23-26)37(4)5/h9-10,12-17,23-25,35-36H,7-8,11,18-22H2,1-6H3/t25-/m0/s1. The lowest BCUT2D eigenvalue weighted by molar-refractivity contribution is 0.0986. The number of fused-ring (bicyclic) bond motifs is 1. The predicted octanol–water partition coefficient (Wildman–Crippen LogP) is 6.81. The van der Waals surface area contributed by atoms with Crippen LogP contribution in [0.5, 0.6) is 5.75 Å². The Bertz CT molecular complexity index is 1310. The van der Waals surface area contributed by atoms with E-state index in [0.29, 0.717) is 18.7 Å². The number of nitrogens with one attached hydrogen (secondary N) is 2. The van der Waals surface area contributed by atoms with Crippen molar-refractivity contribution in [3.8, 4) is 16.9 Å². The van der Waals surface area contributed by atoms with E-state index >= 15 is 0 Å². The van der Waals surface area contributed by atoms with E-state index in [9.17, 15) is 4.79 Å². The van der Waals surface area contributed by atoms with E-state index in [-0.39, 0.29) is 11.9 Å². The zero-order chi connectivity index (χ0) is 29.4. The van der Waals surface area contributed by atoms with Crippen LogP contribution in [-0.2, 0) is 0 Å². The molecule has 2 N–H and O–H groups in total. The minimum Gasteiger partial charge on any atom is -0.493 e. The molecule has 4 rings (SSSR count). The van der Waals surface area contributed by atoms with Crippen LogP contribution < -0.4 is 25.2 Å². The van der Waals surface area contributed by atoms with Gasteiger partial charge in [-0.05, 0) is 94.7 Å². The summed E-state index contributed by atoms with van der Waals surface area (Å²) in [5, 5.41) is 7.01. The summed E-state index contributed by atoms with van der Waals surface area (Å²) >= 11 is 0. The maximum Gasteiger partial charge on any atom is 0.258 e. The van der Waals surface area contributed by atoms with Gasteiger partial charge in [-0.2, -0.15) is 0 Å². The van der Waals surface area contributed by atoms with Gasteiger partial charge in [-0.1, -0.05) is 25.1 Å². The Morgan fingerprint density at radius 3 is 2.61 bits per heavy atom. The van der Waals surface area contributed by atoms with Crippen molar-refractivity contribution in [1.29, 1.82) is 0 Å². The van der Waals surface area contributed by atoms with E-state index in [4.69, 9.17) is 4.74 Å². The van der Waals surface area contributed by atoms with Crippen LogP contribution >= 0.6 is 0 Å². The van der Waals surface area contributed by atoms with Crippen molar-refractivity contribution in [1.82, 2.24) is 4.90 Å². The number of hydrogen-bond donors (Lipinski definition) is 2. The summed E-state index contributed by atoms with van der Waals surface area (Å²) in [6, 6.07) is 20.7. The zero-order valence-corrected chi connectivity index (χ0v) is 25.7. The number of anilines is 4. The fraction of sp³-hybridized carbons (Fsp3) is 0.441. The average Bonchev–Trinajstić information content (AvgIpc) is 3.13. The molecule has 0 saturated heterocycles. The number of para-hydroxylation sites is 2. The summed E-state index contributed by atoms with van der Waals surface area (Å²) in [5.41, 5.74) is 6.80. The third-order valence-electron chi connectivity index (χ3n) is 7.56. The monoisotopic (exact) mass is 557 g/mol. The molecule has 0 unspecified atom stereocenters. The van der Waals surface area contributed by atoms with Crippen LogP contribution in [0.3, 0.4) is 0 Å². The fourth-order valence-electron chi connectivity index (χ4n) is 5.41. The number of benzene rings is 3. The highest BCUT2D eigenvalue weighted by Gasteiger charge is 2.25. The summed E-state index contributed by atoms with van der Waals surface area (Å²) < 4.78 is 6.45. The second kappa shape index (κ2) is 14.3. The van der Waals surface area contributed by atoms with E-state index in [1.165, 1.54) is 0 Å². The molecule has 1 aliphatic heterocycles. The molecule has 1 heterocycles. The molecule has 3 aromatic rings. The van der Waals surface area contributed by atoms with Crippen molar-refractivity contribution >= 4 is 28.7 Å². The summed E-state index contributed by atoms with van der Waals surface area (Å²) in [4.78, 5) is 20.3. The smallest absolute Gasteiger partial charge is 0.258 e. The van der Waals surface area contributed by atoms with Gasteiger partial charge in [0.05, 0.1) is 29.4 Å². The van der Waals surface area contributed by atoms with E-state index in [1.54, 1.807) is 0 Å². The van der Waals surface area contributed by atoms with Gasteiger partial charge in [0.1, 0.15) is 5.75 Å². The molecule has 7 heteroatoms. The second-order valence-corrected chi connectivity index (χ2v) is 11.2. The van der Waals surface area contributed by atoms with Gasteiger partial charge in [-0.3, -0.25) is 4.79 Å². The molecular weight excluding hydrogens is 510 g/mol. The number of carbonyl (C=O) groups excluding carboxylic acids is 1. The van der Waals surface area contributed by atoms with E-state index < -0.39 is 0 Å². The highest BCUT2D eigenvalue weighted by Crippen LogP contribution is 2.37. The fourth-order valence-corrected chi connectivity index (χ4v) is 5.41. The molecule has 0 spiro atoms. The number of amides is 1. The lowest BCUT2D eigenvalue weighted by Gasteiger charge is -2.24. The van der Waals surface area contributed by atoms with Gasteiger partial charge >= 0.3 is 0 Å². The summed E-state index contributed by atoms with van der Waals surface area (Å²) in [5.74, 6) is 0.730. The highest BCUT2D eigenvalue weighted by atomic mass is 16.5. The number of ether oxygens (including phenoxy) is 1. The van der Waals surface area contributed by atoms with Crippen LogP contribution in [0.15, 0.2) is 60.7 Å². The van der Waals surface area contributed by atoms with Crippen LogP contribution in [-0.4, -0.2) is 70.8 Å². The molecule has 0 saturated carbocycles. The molecule has 0 bridgehead atoms. The first kappa shape index (κ1) is 30.3. The first-order valence-corrected chi connectivity index (χ1v) is 15.0. The van der Waals surface area contributed by atoms with Crippen LogP contribution in [0, 0.1) is 0 Å². The molecule has 3 aromatic carbocycles. The van der Waals surface area contributed by atoms with Gasteiger partial charge in [-0.15, -0.1) is 0 Å². The minimum absolute atomic E-state index is 0.0103. The molecule has 1 amide bonds. The van der Waals surface area contributed by atoms with Crippen molar-refractivity contribution < 1.29 is 9.53 Å². The number of nitrogens with zero attached hydrogens (tertiary/aromatic N) is 3. The average molecular weight is 558 g/mol. The normalized spacial score (nSPS) is 14.7. The number of hydrogen-bond acceptors (Lipinski definition) is 6. The third kappa shape index (κ3) is 7.53. The van der Waals surface area contributed by atoms with Gasteiger partial charge < -0.3 is 30.1 Å². The molecule has 220 valence electrons. The molecule has 0 fully saturated rings. The SMILES string of the molecule is CCCN(C)CCCOc1cc(C(=O)N2CC[C@H](C)Nc3ccccc32)ccc1-c1ccc(NCC)c(N(C)C)c1. The van der Waals surface area contributed by atoms with Crippen molar-refractivity contribution in [2.24, 2.45) is 0 Å². The highest BCUT2D eigenvalue weighted by molar-refractivity contribution is 6.08. The zero-order valence-electron chi connectivity index (χ0n) is 25.7. The molecule has 1 aliphatic rings. The lowest BCUT2D eigenvalue weighted by Crippen LogP contribution is -2.32. The quantitative estimate of drug-likeness (QED) is 0.239. The van der Waals surface area contributed by atoms with Gasteiger partial charge in [0.2, 0.25) is 0 Å². The Labute approximate surface area is 246 Å². The van der Waals surface area contributed by atoms with Gasteiger partial charge in [0.15, 0.2) is 0 Å². The van der Waals surface area contributed by atoms with Crippen molar-refractivity contribution in [3.63, 3.8) is 0 Å². The van der Waals surface area contributed by atoms with Crippen molar-refractivity contribution in [2.45, 2.75) is 46.1 Å². The topological polar surface area (TPSA) is 60.1 Å². The molecule has 7 nitrogen and oxygen atoms in total. The van der Waals surface area contributed by atoms with Crippen LogP contribution in [0.2, 0.25) is 0 Å². The Morgan fingerprint density at radius 2 is 1.85 bits per heavy atom. The molecule has 0 radical (unpaired) electrons. The van der Waals surface area contributed by atoms with Crippen molar-refractivity contribution in [3.05, 3.63) is 66.2 Å². The largest absolute Gasteiger partial charge is 0.493 e. The lowest BCUT2D eigenvalue weighted by atomic mass is 10.00. The van der Waals surface area contributed by atoms with Gasteiger partial charge in [-0.25, -0.2) is 0 Å². The number of carbonyl (C=O) groups is 1. The van der Waals surface area contributed by atoms with Crippen molar-refractivity contribution in [2.75, 3.05) is 74.4 Å². The summed E-state index contributed by atoms with van der Waals surface area (Å²) in [6.45, 7) is 10.6. The second-order valence-electron chi connectivity index (χ2n) is 11.2. The summed E-state index contributed by atoms with van der Waals surface area (Å²) in [6.07, 6.45) is 2.93. The minimum atomic E-state index is -0.0103. The van der Waals surface area contributed by atoms with Gasteiger partial charge in [0.25, 0.3) is 5.91 Å².